The third kappa shape index (κ3) is 2.66. The summed E-state index contributed by atoms with van der Waals surface area (Å²) in [7, 11) is 0. The number of nitro groups is 1. The highest BCUT2D eigenvalue weighted by Gasteiger charge is 2.17. The van der Waals surface area contributed by atoms with E-state index in [-0.39, 0.29) is 11.4 Å². The Morgan fingerprint density at radius 2 is 1.47 bits per heavy atom. The molecule has 0 aliphatic heterocycles. The van der Waals surface area contributed by atoms with Crippen molar-refractivity contribution >= 4 is 49.3 Å². The van der Waals surface area contributed by atoms with Crippen molar-refractivity contribution < 1.29 is 10.0 Å². The molecule has 0 atom stereocenters. The Kier molecular flexibility index (Phi) is 3.82. The lowest BCUT2D eigenvalue weighted by molar-refractivity contribution is -0.384. The van der Waals surface area contributed by atoms with E-state index >= 15 is 0 Å². The van der Waals surface area contributed by atoms with Crippen molar-refractivity contribution in [2.75, 3.05) is 0 Å². The molecule has 0 aliphatic carbocycles. The Labute approximate surface area is 181 Å². The number of rotatable bonds is 2. The van der Waals surface area contributed by atoms with Gasteiger partial charge in [-0.05, 0) is 39.9 Å². The molecule has 6 heteroatoms. The van der Waals surface area contributed by atoms with Gasteiger partial charge in [0.2, 0.25) is 0 Å². The number of phenolic OH excluding ortho intramolecular Hbond substituents is 1. The van der Waals surface area contributed by atoms with Gasteiger partial charge in [0.05, 0.1) is 27.0 Å². The monoisotopic (exact) mass is 417 g/mol. The normalized spacial score (nSPS) is 11.5. The first kappa shape index (κ1) is 18.2. The number of nitro benzene ring substituents is 1. The first-order valence-electron chi connectivity index (χ1n) is 10.1. The predicted molar refractivity (Wildman–Crippen MR) is 126 cm³/mol. The molecule has 152 valence electrons. The maximum Gasteiger partial charge on any atom is 0.271 e. The quantitative estimate of drug-likeness (QED) is 0.153. The molecule has 0 saturated heterocycles. The average molecular weight is 417 g/mol. The van der Waals surface area contributed by atoms with Crippen LogP contribution in [0.1, 0.15) is 0 Å². The number of hydrogen-bond donors (Lipinski definition) is 1. The maximum absolute atomic E-state index is 11.2. The number of phenols is 1. The van der Waals surface area contributed by atoms with E-state index in [9.17, 15) is 15.2 Å². The fourth-order valence-corrected chi connectivity index (χ4v) is 4.36. The number of hydrogen-bond acceptors (Lipinski definition) is 5. The van der Waals surface area contributed by atoms with Gasteiger partial charge in [0.25, 0.3) is 5.69 Å². The van der Waals surface area contributed by atoms with Crippen molar-refractivity contribution in [2.45, 2.75) is 0 Å². The second-order valence-electron chi connectivity index (χ2n) is 7.67. The lowest BCUT2D eigenvalue weighted by Crippen LogP contribution is -1.94. The average Bonchev–Trinajstić information content (AvgIpc) is 2.82. The smallest absolute Gasteiger partial charge is 0.271 e. The van der Waals surface area contributed by atoms with Gasteiger partial charge in [0.15, 0.2) is 0 Å². The molecule has 6 aromatic rings. The lowest BCUT2D eigenvalue weighted by atomic mass is 9.92. The molecule has 0 unspecified atom stereocenters. The van der Waals surface area contributed by atoms with Crippen molar-refractivity contribution in [1.82, 2.24) is 9.97 Å². The standard InChI is InChI=1S/C26H15N3O3/c30-24-12-9-15-5-1-2-6-17(15)25(24)20-14-23-26(19-8-4-3-7-18(19)20)28-21-11-10-16(29(31)32)13-22(21)27-23/h1-14,30H. The lowest BCUT2D eigenvalue weighted by Gasteiger charge is -2.14. The largest absolute Gasteiger partial charge is 0.507 e. The molecule has 1 N–H and O–H groups in total. The first-order valence-corrected chi connectivity index (χ1v) is 10.1. The summed E-state index contributed by atoms with van der Waals surface area (Å²) in [5.74, 6) is 0.178. The number of benzene rings is 5. The number of aromatic hydroxyl groups is 1. The second kappa shape index (κ2) is 6.72. The van der Waals surface area contributed by atoms with E-state index in [2.05, 4.69) is 0 Å². The van der Waals surface area contributed by atoms with Crippen molar-refractivity contribution in [3.63, 3.8) is 0 Å². The summed E-state index contributed by atoms with van der Waals surface area (Å²) in [4.78, 5) is 20.3. The zero-order chi connectivity index (χ0) is 21.8. The minimum absolute atomic E-state index is 0.0288. The minimum atomic E-state index is -0.439. The van der Waals surface area contributed by atoms with Crippen molar-refractivity contribution in [3.8, 4) is 16.9 Å². The fraction of sp³-hybridized carbons (Fsp3) is 0. The Hall–Kier alpha value is -4.58. The van der Waals surface area contributed by atoms with Crippen LogP contribution in [0.4, 0.5) is 5.69 Å². The van der Waals surface area contributed by atoms with Crippen LogP contribution in [0.15, 0.2) is 84.9 Å². The van der Waals surface area contributed by atoms with E-state index < -0.39 is 4.92 Å². The SMILES string of the molecule is O=[N+]([O-])c1ccc2nc3c(cc(-c4c(O)ccc5ccccc45)c4ccccc43)nc2c1. The van der Waals surface area contributed by atoms with Gasteiger partial charge in [0.1, 0.15) is 5.75 Å². The highest BCUT2D eigenvalue weighted by Crippen LogP contribution is 2.42. The molecule has 0 radical (unpaired) electrons. The van der Waals surface area contributed by atoms with E-state index in [4.69, 9.17) is 9.97 Å². The highest BCUT2D eigenvalue weighted by molar-refractivity contribution is 6.16. The zero-order valence-electron chi connectivity index (χ0n) is 16.7. The molecule has 0 fully saturated rings. The van der Waals surface area contributed by atoms with Crippen LogP contribution < -0.4 is 0 Å². The summed E-state index contributed by atoms with van der Waals surface area (Å²) < 4.78 is 0. The summed E-state index contributed by atoms with van der Waals surface area (Å²) in [6, 6.07) is 25.8. The fourth-order valence-electron chi connectivity index (χ4n) is 4.36. The molecule has 0 aliphatic rings. The summed E-state index contributed by atoms with van der Waals surface area (Å²) in [6.07, 6.45) is 0. The summed E-state index contributed by atoms with van der Waals surface area (Å²) in [5.41, 5.74) is 3.90. The van der Waals surface area contributed by atoms with Crippen LogP contribution in [-0.2, 0) is 0 Å². The Balaban J connectivity index is 1.77. The summed E-state index contributed by atoms with van der Waals surface area (Å²) >= 11 is 0. The van der Waals surface area contributed by atoms with E-state index in [1.54, 1.807) is 12.1 Å². The van der Waals surface area contributed by atoms with Crippen LogP contribution in [0.25, 0.3) is 54.7 Å². The van der Waals surface area contributed by atoms with Crippen LogP contribution in [0.3, 0.4) is 0 Å². The molecule has 1 heterocycles. The summed E-state index contributed by atoms with van der Waals surface area (Å²) in [6.45, 7) is 0. The number of fused-ring (bicyclic) bond motifs is 5. The Morgan fingerprint density at radius 3 is 2.28 bits per heavy atom. The zero-order valence-corrected chi connectivity index (χ0v) is 16.7. The highest BCUT2D eigenvalue weighted by atomic mass is 16.6. The number of non-ortho nitro benzene ring substituents is 1. The second-order valence-corrected chi connectivity index (χ2v) is 7.67. The molecule has 0 amide bonds. The molecular formula is C26H15N3O3. The molecule has 5 aromatic carbocycles. The van der Waals surface area contributed by atoms with Gasteiger partial charge in [-0.15, -0.1) is 0 Å². The van der Waals surface area contributed by atoms with Gasteiger partial charge in [-0.3, -0.25) is 10.1 Å². The van der Waals surface area contributed by atoms with E-state index in [1.165, 1.54) is 12.1 Å². The molecule has 0 bridgehead atoms. The van der Waals surface area contributed by atoms with Crippen LogP contribution in [0.2, 0.25) is 0 Å². The van der Waals surface area contributed by atoms with Gasteiger partial charge >= 0.3 is 0 Å². The topological polar surface area (TPSA) is 89.2 Å². The van der Waals surface area contributed by atoms with Gasteiger partial charge in [0, 0.05) is 23.1 Å². The predicted octanol–water partition coefficient (Wildman–Crippen LogP) is 6.37. The van der Waals surface area contributed by atoms with Crippen molar-refractivity contribution in [3.05, 3.63) is 95.0 Å². The van der Waals surface area contributed by atoms with Crippen LogP contribution in [-0.4, -0.2) is 20.0 Å². The van der Waals surface area contributed by atoms with Gasteiger partial charge < -0.3 is 5.11 Å². The molecule has 0 saturated carbocycles. The van der Waals surface area contributed by atoms with Crippen LogP contribution >= 0.6 is 0 Å². The van der Waals surface area contributed by atoms with Crippen molar-refractivity contribution in [2.24, 2.45) is 0 Å². The van der Waals surface area contributed by atoms with Gasteiger partial charge in [-0.2, -0.15) is 0 Å². The third-order valence-electron chi connectivity index (χ3n) is 5.82. The molecule has 6 rings (SSSR count). The number of nitrogens with zero attached hydrogens (tertiary/aromatic N) is 3. The van der Waals surface area contributed by atoms with Crippen LogP contribution in [0.5, 0.6) is 5.75 Å². The Morgan fingerprint density at radius 1 is 0.719 bits per heavy atom. The van der Waals surface area contributed by atoms with Gasteiger partial charge in [-0.1, -0.05) is 54.6 Å². The maximum atomic E-state index is 11.2. The Bertz CT molecular complexity index is 1730. The third-order valence-corrected chi connectivity index (χ3v) is 5.82. The van der Waals surface area contributed by atoms with E-state index in [1.807, 2.05) is 60.7 Å². The molecular weight excluding hydrogens is 402 g/mol. The van der Waals surface area contributed by atoms with Crippen molar-refractivity contribution in [1.29, 1.82) is 0 Å². The van der Waals surface area contributed by atoms with Gasteiger partial charge in [-0.25, -0.2) is 9.97 Å². The molecule has 0 spiro atoms. The molecule has 1 aromatic heterocycles. The van der Waals surface area contributed by atoms with E-state index in [0.717, 1.165) is 32.7 Å². The minimum Gasteiger partial charge on any atom is -0.507 e. The molecule has 6 nitrogen and oxygen atoms in total. The van der Waals surface area contributed by atoms with Crippen LogP contribution in [0, 0.1) is 10.1 Å². The number of aromatic nitrogens is 2. The first-order chi connectivity index (χ1) is 15.6. The molecule has 32 heavy (non-hydrogen) atoms. The van der Waals surface area contributed by atoms with E-state index in [0.29, 0.717) is 22.1 Å². The summed E-state index contributed by atoms with van der Waals surface area (Å²) in [5, 5.41) is 25.9.